The molecule has 0 radical (unpaired) electrons. The van der Waals surface area contributed by atoms with Gasteiger partial charge in [0.15, 0.2) is 6.79 Å². The minimum atomic E-state index is -6.13. The van der Waals surface area contributed by atoms with E-state index in [1.54, 1.807) is 41.0 Å². The average molecular weight is 1190 g/mol. The fraction of sp³-hybridized carbons (Fsp3) is 0.196. The first-order chi connectivity index (χ1) is 37.0. The van der Waals surface area contributed by atoms with Crippen LogP contribution >= 0.6 is 0 Å². The summed E-state index contributed by atoms with van der Waals surface area (Å²) >= 11 is 0. The van der Waals surface area contributed by atoms with Gasteiger partial charge >= 0.3 is 55.4 Å². The van der Waals surface area contributed by atoms with E-state index >= 15 is 0 Å². The maximum absolute atomic E-state index is 14.2. The van der Waals surface area contributed by atoms with Gasteiger partial charge in [-0.1, -0.05) is 91.0 Å². The van der Waals surface area contributed by atoms with Crippen LogP contribution in [0.2, 0.25) is 0 Å². The molecule has 1 heterocycles. The number of ether oxygens (including phenoxy) is 1. The van der Waals surface area contributed by atoms with Crippen LogP contribution in [0.5, 0.6) is 0 Å². The summed E-state index contributed by atoms with van der Waals surface area (Å²) in [6, 6.07) is 10.9. The number of pyridine rings is 1. The number of hydrogen-bond donors (Lipinski definition) is 1. The van der Waals surface area contributed by atoms with Crippen molar-refractivity contribution in [1.82, 2.24) is 0 Å². The Morgan fingerprint density at radius 2 is 0.667 bits per heavy atom. The van der Waals surface area contributed by atoms with Gasteiger partial charge < -0.3 is 9.84 Å². The van der Waals surface area contributed by atoms with Crippen LogP contribution in [0.25, 0.3) is 10.9 Å². The van der Waals surface area contributed by atoms with E-state index in [0.717, 1.165) is 10.9 Å². The third-order valence-corrected chi connectivity index (χ3v) is 12.2. The van der Waals surface area contributed by atoms with Gasteiger partial charge in [-0.25, -0.2) is 4.79 Å². The summed E-state index contributed by atoms with van der Waals surface area (Å²) in [6.45, 7) is -0.709. The van der Waals surface area contributed by atoms with E-state index in [2.05, 4.69) is 4.74 Å². The zero-order valence-corrected chi connectivity index (χ0v) is 39.5. The van der Waals surface area contributed by atoms with Crippen LogP contribution in [0.4, 0.5) is 105 Å². The second-order valence-corrected chi connectivity index (χ2v) is 17.4. The number of alkyl halides is 24. The van der Waals surface area contributed by atoms with Crippen LogP contribution in [0.3, 0.4) is 0 Å². The first-order valence-corrected chi connectivity index (χ1v) is 22.1. The monoisotopic (exact) mass is 1190 g/mol. The Morgan fingerprint density at radius 3 is 0.951 bits per heavy atom. The molecule has 0 unspecified atom stereocenters. The highest BCUT2D eigenvalue weighted by atomic mass is 19.4. The number of benzene rings is 6. The van der Waals surface area contributed by atoms with Crippen LogP contribution in [-0.2, 0) is 60.7 Å². The van der Waals surface area contributed by atoms with Gasteiger partial charge in [0.25, 0.3) is 5.69 Å². The minimum absolute atomic E-state index is 0.00122. The number of carbonyl (C=O) groups excluding carboxylic acids is 2. The van der Waals surface area contributed by atoms with Crippen molar-refractivity contribution in [3.05, 3.63) is 195 Å². The first-order valence-electron chi connectivity index (χ1n) is 22.1. The normalized spacial score (nSPS) is 13.2. The molecule has 432 valence electrons. The van der Waals surface area contributed by atoms with Crippen molar-refractivity contribution in [3.8, 4) is 0 Å². The minimum Gasteiger partial charge on any atom is -0.431 e. The van der Waals surface area contributed by atoms with E-state index in [1.807, 2.05) is 30.3 Å². The number of hydrogen-bond acceptors (Lipinski definition) is 4. The van der Waals surface area contributed by atoms with Crippen LogP contribution in [0, 0.1) is 0 Å². The van der Waals surface area contributed by atoms with Crippen molar-refractivity contribution in [3.63, 3.8) is 0 Å². The molecule has 30 heteroatoms. The number of aromatic nitrogens is 1. The molecule has 0 fully saturated rings. The lowest BCUT2D eigenvalue weighted by Gasteiger charge is -2.46. The van der Waals surface area contributed by atoms with Crippen molar-refractivity contribution in [2.45, 2.75) is 56.0 Å². The molecule has 5 nitrogen and oxygen atoms in total. The lowest BCUT2D eigenvalue weighted by Crippen LogP contribution is -2.75. The van der Waals surface area contributed by atoms with Crippen molar-refractivity contribution in [2.24, 2.45) is 0 Å². The number of aliphatic hydroxyl groups excluding tert-OH is 1. The smallest absolute Gasteiger partial charge is 0.416 e. The molecular weight excluding hydrogens is 1160 g/mol. The molecule has 0 saturated heterocycles. The molecule has 0 aliphatic rings. The van der Waals surface area contributed by atoms with Gasteiger partial charge in [0.2, 0.25) is 17.8 Å². The second kappa shape index (κ2) is 21.9. The number of para-hydroxylation sites is 1. The van der Waals surface area contributed by atoms with Gasteiger partial charge in [0.05, 0.1) is 44.5 Å². The molecule has 0 aliphatic heterocycles. The molecule has 6 aromatic carbocycles. The molecule has 0 amide bonds. The van der Waals surface area contributed by atoms with Crippen LogP contribution < -0.4 is 26.4 Å². The topological polar surface area (TPSA) is 67.5 Å². The third kappa shape index (κ3) is 14.0. The molecule has 0 saturated carbocycles. The summed E-state index contributed by atoms with van der Waals surface area (Å²) in [5.41, 5.74) is -28.7. The predicted molar refractivity (Wildman–Crippen MR) is 237 cm³/mol. The molecule has 7 rings (SSSR count). The Labute approximate surface area is 437 Å². The summed E-state index contributed by atoms with van der Waals surface area (Å²) in [7, 11) is 0. The van der Waals surface area contributed by atoms with E-state index in [0.29, 0.717) is 5.56 Å². The van der Waals surface area contributed by atoms with Crippen molar-refractivity contribution >= 4 is 50.7 Å². The Kier molecular flexibility index (Phi) is 16.9. The number of esters is 1. The number of fused-ring (bicyclic) bond motifs is 1. The number of rotatable bonds is 9. The predicted octanol–water partition coefficient (Wildman–Crippen LogP) is 13.3. The lowest BCUT2D eigenvalue weighted by atomic mass is 9.12. The maximum Gasteiger partial charge on any atom is 0.416 e. The van der Waals surface area contributed by atoms with Crippen molar-refractivity contribution < 1.29 is 129 Å². The molecule has 0 atom stereocenters. The van der Waals surface area contributed by atoms with Gasteiger partial charge in [0.1, 0.15) is 6.15 Å². The summed E-state index contributed by atoms with van der Waals surface area (Å²) in [5.74, 6) is -0.792. The highest BCUT2D eigenvalue weighted by Gasteiger charge is 2.47. The van der Waals surface area contributed by atoms with Crippen molar-refractivity contribution in [2.75, 3.05) is 6.79 Å². The number of aliphatic hydroxyl groups is 1. The Balaban J connectivity index is 0.000000363. The van der Waals surface area contributed by atoms with Gasteiger partial charge in [-0.3, -0.25) is 4.79 Å². The van der Waals surface area contributed by atoms with E-state index in [9.17, 15) is 115 Å². The summed E-state index contributed by atoms with van der Waals surface area (Å²) < 4.78 is 347. The lowest BCUT2D eigenvalue weighted by molar-refractivity contribution is -0.659. The molecule has 1 N–H and O–H groups in total. The molecule has 0 aliphatic carbocycles. The number of halogens is 24. The zero-order chi connectivity index (χ0) is 60.9. The number of nitrogens with zero attached hydrogens (tertiary/aromatic N) is 1. The molecule has 81 heavy (non-hydrogen) atoms. The molecular formula is C51H28BF24NO4. The zero-order valence-electron chi connectivity index (χ0n) is 39.5. The Hall–Kier alpha value is -7.79. The highest BCUT2D eigenvalue weighted by Crippen LogP contribution is 2.41. The number of ketones is 1. The van der Waals surface area contributed by atoms with Crippen LogP contribution in [0.15, 0.2) is 140 Å². The van der Waals surface area contributed by atoms with Gasteiger partial charge in [0, 0.05) is 23.1 Å². The second-order valence-electron chi connectivity index (χ2n) is 17.4. The Bertz CT molecular complexity index is 3030. The summed E-state index contributed by atoms with van der Waals surface area (Å²) in [5, 5.41) is 9.74. The largest absolute Gasteiger partial charge is 0.431 e. The molecule has 7 aromatic rings. The highest BCUT2D eigenvalue weighted by molar-refractivity contribution is 7.20. The van der Waals surface area contributed by atoms with Crippen LogP contribution in [0.1, 0.15) is 65.4 Å². The number of carbonyl (C=O) groups is 2. The molecule has 0 spiro atoms. The quantitative estimate of drug-likeness (QED) is 0.0391. The van der Waals surface area contributed by atoms with Crippen molar-refractivity contribution in [1.29, 1.82) is 0 Å². The summed E-state index contributed by atoms with van der Waals surface area (Å²) in [4.78, 5) is 24.7. The first kappa shape index (κ1) is 62.4. The molecule has 0 bridgehead atoms. The van der Waals surface area contributed by atoms with E-state index in [4.69, 9.17) is 5.11 Å². The Morgan fingerprint density at radius 1 is 0.383 bits per heavy atom. The third-order valence-electron chi connectivity index (χ3n) is 12.2. The maximum atomic E-state index is 14.2. The fourth-order valence-electron chi connectivity index (χ4n) is 8.67. The van der Waals surface area contributed by atoms with E-state index in [1.165, 1.54) is 0 Å². The van der Waals surface area contributed by atoms with Gasteiger partial charge in [-0.15, -0.1) is 0 Å². The fourth-order valence-corrected chi connectivity index (χ4v) is 8.67. The van der Waals surface area contributed by atoms with E-state index < -0.39 is 207 Å². The van der Waals surface area contributed by atoms with Crippen LogP contribution in [-0.4, -0.2) is 29.8 Å². The molecule has 1 aromatic heterocycles. The number of Topliss-reactive ketones (excluding diaryl/α,β-unsaturated/α-hetero) is 1. The SMILES string of the molecule is FC(F)(F)c1cc([B-](c2cc(C(F)(F)F)cc(C(F)(F)F)c2)(c2cc(C(F)(F)F)cc(C(F)(F)F)c2)c2cc(C(F)(F)F)cc(C(F)(F)F)c2)cc(C(F)(F)F)c1.O=C(C[n+]1c(C(=O)OCO)ccc2ccccc21)c1ccccc1. The average Bonchev–Trinajstić information content (AvgIpc) is 3.49. The van der Waals surface area contributed by atoms with Gasteiger partial charge in [-0.2, -0.15) is 132 Å². The summed E-state index contributed by atoms with van der Waals surface area (Å²) in [6.07, 6.45) is -54.8. The van der Waals surface area contributed by atoms with E-state index in [-0.39, 0.29) is 18.0 Å². The van der Waals surface area contributed by atoms with Gasteiger partial charge in [-0.05, 0) is 36.4 Å². The standard InChI is InChI=1S/C32H12BF24.C19H16NO4/c34-25(35,36)13-1-14(26(37,38)39)6-21(5-13)33(22-7-15(27(40,41)42)2-16(8-22)28(43,44)45,23-9-17(29(46,47)48)3-18(10-23)30(49,50)51)24-11-19(31(52,53)54)4-20(12-24)32(55,56)57;21-13-24-19(23)17-11-10-14-6-4-5-9-16(14)20(17)12-18(22)15-7-2-1-3-8-15/h1-12H;1-11,21H,12-13H2/q-1;+1.